The molecule has 0 aromatic carbocycles. The summed E-state index contributed by atoms with van der Waals surface area (Å²) in [4.78, 5) is 2.43. The first-order chi connectivity index (χ1) is 7.76. The number of likely N-dealkylation sites (N-methyl/N-ethyl adjacent to an activating group) is 1. The lowest BCUT2D eigenvalue weighted by Gasteiger charge is -2.32. The molecule has 1 fully saturated rings. The first-order valence-corrected chi connectivity index (χ1v) is 6.67. The highest BCUT2D eigenvalue weighted by molar-refractivity contribution is 4.79. The fourth-order valence-corrected chi connectivity index (χ4v) is 2.55. The second-order valence-corrected chi connectivity index (χ2v) is 5.06. The summed E-state index contributed by atoms with van der Waals surface area (Å²) in [5.41, 5.74) is 0. The molecule has 0 amide bonds. The van der Waals surface area contributed by atoms with Gasteiger partial charge in [-0.1, -0.05) is 13.3 Å². The standard InChI is InChI=1S/C13H28N2O/c1-4-12-6-7-14-13(10-12)11-15(2)8-5-9-16-3/h12-14H,4-11H2,1-3H3. The number of nitrogens with one attached hydrogen (secondary N) is 1. The van der Waals surface area contributed by atoms with Crippen molar-refractivity contribution in [1.29, 1.82) is 0 Å². The number of piperidine rings is 1. The molecular weight excluding hydrogens is 200 g/mol. The van der Waals surface area contributed by atoms with Gasteiger partial charge in [-0.25, -0.2) is 0 Å². The van der Waals surface area contributed by atoms with Crippen molar-refractivity contribution in [2.45, 2.75) is 38.6 Å². The molecule has 1 aliphatic heterocycles. The monoisotopic (exact) mass is 228 g/mol. The molecule has 1 rings (SSSR count). The Hall–Kier alpha value is -0.120. The van der Waals surface area contributed by atoms with Crippen LogP contribution < -0.4 is 5.32 Å². The topological polar surface area (TPSA) is 24.5 Å². The summed E-state index contributed by atoms with van der Waals surface area (Å²) in [7, 11) is 3.99. The zero-order chi connectivity index (χ0) is 11.8. The predicted molar refractivity (Wildman–Crippen MR) is 68.8 cm³/mol. The van der Waals surface area contributed by atoms with Crippen LogP contribution in [0.25, 0.3) is 0 Å². The van der Waals surface area contributed by atoms with Gasteiger partial charge < -0.3 is 15.0 Å². The molecule has 2 atom stereocenters. The molecule has 1 N–H and O–H groups in total. The van der Waals surface area contributed by atoms with E-state index < -0.39 is 0 Å². The zero-order valence-electron chi connectivity index (χ0n) is 11.2. The Kier molecular flexibility index (Phi) is 7.01. The van der Waals surface area contributed by atoms with Crippen molar-refractivity contribution in [3.63, 3.8) is 0 Å². The minimum atomic E-state index is 0.700. The minimum absolute atomic E-state index is 0.700. The van der Waals surface area contributed by atoms with Crippen LogP contribution in [0, 0.1) is 5.92 Å². The molecule has 3 nitrogen and oxygen atoms in total. The normalized spacial score (nSPS) is 26.2. The highest BCUT2D eigenvalue weighted by atomic mass is 16.5. The summed E-state index contributed by atoms with van der Waals surface area (Å²) in [5, 5.41) is 3.63. The lowest BCUT2D eigenvalue weighted by molar-refractivity contribution is 0.169. The molecule has 2 unspecified atom stereocenters. The molecule has 1 heterocycles. The van der Waals surface area contributed by atoms with E-state index in [1.807, 2.05) is 0 Å². The van der Waals surface area contributed by atoms with Crippen LogP contribution in [0.3, 0.4) is 0 Å². The van der Waals surface area contributed by atoms with Crippen LogP contribution >= 0.6 is 0 Å². The quantitative estimate of drug-likeness (QED) is 0.672. The van der Waals surface area contributed by atoms with Crippen LogP contribution in [0.4, 0.5) is 0 Å². The van der Waals surface area contributed by atoms with Gasteiger partial charge in [-0.05, 0) is 38.8 Å². The summed E-state index contributed by atoms with van der Waals surface area (Å²) in [6, 6.07) is 0.700. The van der Waals surface area contributed by atoms with E-state index in [9.17, 15) is 0 Å². The number of ether oxygens (including phenoxy) is 1. The van der Waals surface area contributed by atoms with Crippen molar-refractivity contribution in [2.75, 3.05) is 40.4 Å². The first kappa shape index (κ1) is 13.9. The van der Waals surface area contributed by atoms with E-state index >= 15 is 0 Å². The van der Waals surface area contributed by atoms with Crippen molar-refractivity contribution in [3.8, 4) is 0 Å². The van der Waals surface area contributed by atoms with Gasteiger partial charge >= 0.3 is 0 Å². The van der Waals surface area contributed by atoms with Crippen LogP contribution in [0.1, 0.15) is 32.6 Å². The van der Waals surface area contributed by atoms with Crippen LogP contribution in [-0.4, -0.2) is 51.3 Å². The van der Waals surface area contributed by atoms with Gasteiger partial charge in [-0.3, -0.25) is 0 Å². The second kappa shape index (κ2) is 8.04. The Morgan fingerprint density at radius 3 is 2.94 bits per heavy atom. The largest absolute Gasteiger partial charge is 0.385 e. The Bertz CT molecular complexity index is 175. The fraction of sp³-hybridized carbons (Fsp3) is 1.00. The van der Waals surface area contributed by atoms with E-state index in [1.54, 1.807) is 7.11 Å². The van der Waals surface area contributed by atoms with Crippen molar-refractivity contribution < 1.29 is 4.74 Å². The molecule has 96 valence electrons. The molecule has 0 radical (unpaired) electrons. The van der Waals surface area contributed by atoms with E-state index in [0.29, 0.717) is 6.04 Å². The molecule has 1 saturated heterocycles. The summed E-state index contributed by atoms with van der Waals surface area (Å²) in [5.74, 6) is 0.943. The van der Waals surface area contributed by atoms with E-state index in [1.165, 1.54) is 32.4 Å². The van der Waals surface area contributed by atoms with E-state index in [-0.39, 0.29) is 0 Å². The summed E-state index contributed by atoms with van der Waals surface area (Å²) < 4.78 is 5.07. The molecule has 0 aliphatic carbocycles. The third kappa shape index (κ3) is 5.28. The fourth-order valence-electron chi connectivity index (χ4n) is 2.55. The smallest absolute Gasteiger partial charge is 0.0474 e. The Morgan fingerprint density at radius 1 is 1.44 bits per heavy atom. The molecule has 3 heteroatoms. The predicted octanol–water partition coefficient (Wildman–Crippen LogP) is 1.73. The number of nitrogens with zero attached hydrogens (tertiary/aromatic N) is 1. The molecule has 0 aromatic rings. The van der Waals surface area contributed by atoms with Gasteiger partial charge in [-0.15, -0.1) is 0 Å². The summed E-state index contributed by atoms with van der Waals surface area (Å²) >= 11 is 0. The van der Waals surface area contributed by atoms with Gasteiger partial charge in [-0.2, -0.15) is 0 Å². The Morgan fingerprint density at radius 2 is 2.25 bits per heavy atom. The number of hydrogen-bond donors (Lipinski definition) is 1. The van der Waals surface area contributed by atoms with Crippen LogP contribution in [0.15, 0.2) is 0 Å². The average Bonchev–Trinajstić information content (AvgIpc) is 2.29. The van der Waals surface area contributed by atoms with Crippen LogP contribution in [-0.2, 0) is 4.74 Å². The van der Waals surface area contributed by atoms with E-state index in [0.717, 1.165) is 25.5 Å². The number of rotatable bonds is 7. The van der Waals surface area contributed by atoms with Crippen molar-refractivity contribution >= 4 is 0 Å². The number of hydrogen-bond acceptors (Lipinski definition) is 3. The maximum atomic E-state index is 5.07. The second-order valence-electron chi connectivity index (χ2n) is 5.06. The highest BCUT2D eigenvalue weighted by Gasteiger charge is 2.20. The van der Waals surface area contributed by atoms with Gasteiger partial charge in [0.25, 0.3) is 0 Å². The van der Waals surface area contributed by atoms with Gasteiger partial charge in [0.1, 0.15) is 0 Å². The molecule has 1 aliphatic rings. The molecule has 0 spiro atoms. The molecule has 0 bridgehead atoms. The molecular formula is C13H28N2O. The summed E-state index contributed by atoms with van der Waals surface area (Å²) in [6.45, 7) is 6.72. The lowest BCUT2D eigenvalue weighted by atomic mass is 9.90. The Balaban J connectivity index is 2.14. The van der Waals surface area contributed by atoms with E-state index in [4.69, 9.17) is 4.74 Å². The zero-order valence-corrected chi connectivity index (χ0v) is 11.2. The van der Waals surface area contributed by atoms with E-state index in [2.05, 4.69) is 24.2 Å². The van der Waals surface area contributed by atoms with Gasteiger partial charge in [0.2, 0.25) is 0 Å². The maximum absolute atomic E-state index is 5.07. The van der Waals surface area contributed by atoms with Crippen molar-refractivity contribution in [1.82, 2.24) is 10.2 Å². The minimum Gasteiger partial charge on any atom is -0.385 e. The highest BCUT2D eigenvalue weighted by Crippen LogP contribution is 2.19. The van der Waals surface area contributed by atoms with Gasteiger partial charge in [0, 0.05) is 32.8 Å². The van der Waals surface area contributed by atoms with Crippen molar-refractivity contribution in [3.05, 3.63) is 0 Å². The average molecular weight is 228 g/mol. The molecule has 0 aromatic heterocycles. The maximum Gasteiger partial charge on any atom is 0.0474 e. The third-order valence-electron chi connectivity index (χ3n) is 3.60. The lowest BCUT2D eigenvalue weighted by Crippen LogP contribution is -2.45. The SMILES string of the molecule is CCC1CCNC(CN(C)CCCOC)C1. The third-order valence-corrected chi connectivity index (χ3v) is 3.60. The molecule has 0 saturated carbocycles. The molecule has 16 heavy (non-hydrogen) atoms. The van der Waals surface area contributed by atoms with Crippen LogP contribution in [0.5, 0.6) is 0 Å². The number of methoxy groups -OCH3 is 1. The van der Waals surface area contributed by atoms with Gasteiger partial charge in [0.15, 0.2) is 0 Å². The van der Waals surface area contributed by atoms with Crippen LogP contribution in [0.2, 0.25) is 0 Å². The van der Waals surface area contributed by atoms with Crippen molar-refractivity contribution in [2.24, 2.45) is 5.92 Å². The Labute approximate surface area is 101 Å². The first-order valence-electron chi connectivity index (χ1n) is 6.67. The summed E-state index contributed by atoms with van der Waals surface area (Å²) in [6.07, 6.45) is 5.19. The van der Waals surface area contributed by atoms with Gasteiger partial charge in [0.05, 0.1) is 0 Å².